The van der Waals surface area contributed by atoms with Crippen LogP contribution >= 0.6 is 0 Å². The second-order valence-corrected chi connectivity index (χ2v) is 9.33. The summed E-state index contributed by atoms with van der Waals surface area (Å²) in [5.74, 6) is -0.484. The summed E-state index contributed by atoms with van der Waals surface area (Å²) in [7, 11) is -0.855. The Morgan fingerprint density at radius 2 is 1.65 bits per heavy atom. The zero-order chi connectivity index (χ0) is 24.6. The molecule has 34 heavy (non-hydrogen) atoms. The van der Waals surface area contributed by atoms with Crippen molar-refractivity contribution in [3.63, 3.8) is 0 Å². The maximum Gasteiger partial charge on any atom is 0.338 e. The molecule has 9 heteroatoms. The van der Waals surface area contributed by atoms with Crippen molar-refractivity contribution in [2.45, 2.75) is 11.3 Å². The smallest absolute Gasteiger partial charge is 0.338 e. The molecule has 1 amide bonds. The Kier molecular flexibility index (Phi) is 8.26. The molecule has 0 saturated heterocycles. The van der Waals surface area contributed by atoms with Gasteiger partial charge in [0.2, 0.25) is 0 Å². The van der Waals surface area contributed by atoms with Gasteiger partial charge in [0.25, 0.3) is 15.9 Å². The van der Waals surface area contributed by atoms with E-state index < -0.39 is 28.5 Å². The lowest BCUT2D eigenvalue weighted by Gasteiger charge is -2.19. The van der Waals surface area contributed by atoms with Gasteiger partial charge in [0.1, 0.15) is 5.75 Å². The highest BCUT2D eigenvalue weighted by Crippen LogP contribution is 2.22. The lowest BCUT2D eigenvalue weighted by atomic mass is 10.1. The number of anilines is 1. The van der Waals surface area contributed by atoms with Crippen LogP contribution in [0.1, 0.15) is 15.9 Å². The van der Waals surface area contributed by atoms with Crippen LogP contribution in [0, 0.1) is 0 Å². The molecule has 0 saturated carbocycles. The van der Waals surface area contributed by atoms with Crippen molar-refractivity contribution in [3.05, 3.63) is 90.0 Å². The van der Waals surface area contributed by atoms with Crippen LogP contribution in [0.25, 0.3) is 0 Å². The highest BCUT2D eigenvalue weighted by molar-refractivity contribution is 7.92. The number of ether oxygens (including phenoxy) is 2. The van der Waals surface area contributed by atoms with Crippen molar-refractivity contribution in [2.75, 3.05) is 31.6 Å². The third-order valence-corrected chi connectivity index (χ3v) is 6.86. The quantitative estimate of drug-likeness (QED) is 0.446. The number of hydrogen-bond acceptors (Lipinski definition) is 6. The second kappa shape index (κ2) is 11.3. The molecule has 1 N–H and O–H groups in total. The number of hydrogen-bond donors (Lipinski definition) is 1. The minimum atomic E-state index is -3.88. The number of sulfonamides is 1. The molecule has 3 aromatic rings. The number of rotatable bonds is 10. The van der Waals surface area contributed by atoms with Crippen LogP contribution in [-0.2, 0) is 26.0 Å². The van der Waals surface area contributed by atoms with E-state index in [0.29, 0.717) is 18.7 Å². The molecule has 0 heterocycles. The number of amides is 1. The summed E-state index contributed by atoms with van der Waals surface area (Å²) in [4.78, 5) is 24.4. The van der Waals surface area contributed by atoms with Gasteiger partial charge in [0, 0.05) is 13.6 Å². The van der Waals surface area contributed by atoms with Gasteiger partial charge >= 0.3 is 5.97 Å². The highest BCUT2D eigenvalue weighted by Gasteiger charge is 2.22. The normalized spacial score (nSPS) is 10.9. The van der Waals surface area contributed by atoms with Gasteiger partial charge in [-0.3, -0.25) is 9.10 Å². The summed E-state index contributed by atoms with van der Waals surface area (Å²) in [6.07, 6.45) is 0.610. The van der Waals surface area contributed by atoms with Crippen LogP contribution in [0.4, 0.5) is 5.69 Å². The monoisotopic (exact) mass is 482 g/mol. The molecular weight excluding hydrogens is 456 g/mol. The number of methoxy groups -OCH3 is 1. The molecule has 0 radical (unpaired) electrons. The van der Waals surface area contributed by atoms with Gasteiger partial charge in [-0.1, -0.05) is 36.4 Å². The Morgan fingerprint density at radius 3 is 2.32 bits per heavy atom. The molecule has 178 valence electrons. The summed E-state index contributed by atoms with van der Waals surface area (Å²) < 4.78 is 37.2. The zero-order valence-corrected chi connectivity index (χ0v) is 19.7. The standard InChI is InChI=1S/C25H26N2O6S/c1-27(21-8-4-3-5-9-21)34(30,31)23-10-6-7-20(17-23)25(29)33-18-24(28)26-16-15-19-11-13-22(32-2)14-12-19/h3-14,17H,15-16,18H2,1-2H3,(H,26,28). The Labute approximate surface area is 199 Å². The largest absolute Gasteiger partial charge is 0.497 e. The van der Waals surface area contributed by atoms with Crippen LogP contribution in [0.5, 0.6) is 5.75 Å². The molecule has 0 aliphatic heterocycles. The number of nitrogens with one attached hydrogen (secondary N) is 1. The van der Waals surface area contributed by atoms with E-state index in [1.54, 1.807) is 37.4 Å². The third kappa shape index (κ3) is 6.35. The van der Waals surface area contributed by atoms with Crippen molar-refractivity contribution < 1.29 is 27.5 Å². The van der Waals surface area contributed by atoms with Crippen LogP contribution in [-0.4, -0.2) is 47.6 Å². The fourth-order valence-electron chi connectivity index (χ4n) is 3.12. The van der Waals surface area contributed by atoms with E-state index in [1.807, 2.05) is 24.3 Å². The minimum Gasteiger partial charge on any atom is -0.497 e. The molecular formula is C25H26N2O6S. The van der Waals surface area contributed by atoms with E-state index in [0.717, 1.165) is 15.6 Å². The number of carbonyl (C=O) groups excluding carboxylic acids is 2. The van der Waals surface area contributed by atoms with Crippen molar-refractivity contribution in [2.24, 2.45) is 0 Å². The fourth-order valence-corrected chi connectivity index (χ4v) is 4.36. The number of nitrogens with zero attached hydrogens (tertiary/aromatic N) is 1. The minimum absolute atomic E-state index is 0.0357. The number of esters is 1. The first kappa shape index (κ1) is 24.8. The van der Waals surface area contributed by atoms with E-state index in [9.17, 15) is 18.0 Å². The summed E-state index contributed by atoms with van der Waals surface area (Å²) in [6, 6.07) is 21.6. The molecule has 0 aliphatic rings. The highest BCUT2D eigenvalue weighted by atomic mass is 32.2. The van der Waals surface area contributed by atoms with Crippen LogP contribution in [0.2, 0.25) is 0 Å². The molecule has 0 unspecified atom stereocenters. The SMILES string of the molecule is COc1ccc(CCNC(=O)COC(=O)c2cccc(S(=O)(=O)N(C)c3ccccc3)c2)cc1. The zero-order valence-electron chi connectivity index (χ0n) is 18.9. The van der Waals surface area contributed by atoms with Crippen LogP contribution in [0.15, 0.2) is 83.8 Å². The molecule has 0 fully saturated rings. The van der Waals surface area contributed by atoms with E-state index >= 15 is 0 Å². The van der Waals surface area contributed by atoms with Gasteiger partial charge in [0.15, 0.2) is 6.61 Å². The molecule has 3 aromatic carbocycles. The Bertz CT molecular complexity index is 1230. The van der Waals surface area contributed by atoms with E-state index in [2.05, 4.69) is 5.32 Å². The molecule has 0 bridgehead atoms. The van der Waals surface area contributed by atoms with Crippen LogP contribution < -0.4 is 14.4 Å². The molecule has 8 nitrogen and oxygen atoms in total. The van der Waals surface area contributed by atoms with Crippen molar-refractivity contribution >= 4 is 27.6 Å². The van der Waals surface area contributed by atoms with Gasteiger partial charge in [0.05, 0.1) is 23.3 Å². The van der Waals surface area contributed by atoms with Gasteiger partial charge in [-0.25, -0.2) is 13.2 Å². The van der Waals surface area contributed by atoms with Crippen molar-refractivity contribution in [3.8, 4) is 5.75 Å². The topological polar surface area (TPSA) is 102 Å². The van der Waals surface area contributed by atoms with Gasteiger partial charge < -0.3 is 14.8 Å². The first-order valence-corrected chi connectivity index (χ1v) is 12.0. The van der Waals surface area contributed by atoms with Gasteiger partial charge in [-0.05, 0) is 54.4 Å². The third-order valence-electron chi connectivity index (χ3n) is 5.08. The van der Waals surface area contributed by atoms with Crippen molar-refractivity contribution in [1.82, 2.24) is 5.32 Å². The predicted octanol–water partition coefficient (Wildman–Crippen LogP) is 3.04. The molecule has 0 spiro atoms. The molecule has 0 atom stereocenters. The average molecular weight is 483 g/mol. The Balaban J connectivity index is 1.54. The van der Waals surface area contributed by atoms with E-state index in [-0.39, 0.29) is 10.5 Å². The lowest BCUT2D eigenvalue weighted by Crippen LogP contribution is -2.30. The van der Waals surface area contributed by atoms with E-state index in [4.69, 9.17) is 9.47 Å². The van der Waals surface area contributed by atoms with Crippen molar-refractivity contribution in [1.29, 1.82) is 0 Å². The van der Waals surface area contributed by atoms with Gasteiger partial charge in [-0.2, -0.15) is 0 Å². The first-order chi connectivity index (χ1) is 16.3. The summed E-state index contributed by atoms with van der Waals surface area (Å²) in [5, 5.41) is 2.69. The fraction of sp³-hybridized carbons (Fsp3) is 0.200. The summed E-state index contributed by atoms with van der Waals surface area (Å²) >= 11 is 0. The average Bonchev–Trinajstić information content (AvgIpc) is 2.87. The maximum atomic E-state index is 12.9. The molecule has 0 aliphatic carbocycles. The maximum absolute atomic E-state index is 12.9. The summed E-state index contributed by atoms with van der Waals surface area (Å²) in [5.41, 5.74) is 1.55. The summed E-state index contributed by atoms with van der Waals surface area (Å²) in [6.45, 7) is -0.0927. The first-order valence-electron chi connectivity index (χ1n) is 10.5. The van der Waals surface area contributed by atoms with E-state index in [1.165, 1.54) is 31.3 Å². The van der Waals surface area contributed by atoms with Gasteiger partial charge in [-0.15, -0.1) is 0 Å². The predicted molar refractivity (Wildman–Crippen MR) is 128 cm³/mol. The second-order valence-electron chi connectivity index (χ2n) is 7.36. The Morgan fingerprint density at radius 1 is 0.941 bits per heavy atom. The lowest BCUT2D eigenvalue weighted by molar-refractivity contribution is -0.124. The van der Waals surface area contributed by atoms with Crippen LogP contribution in [0.3, 0.4) is 0 Å². The number of benzene rings is 3. The number of para-hydroxylation sites is 1. The Hall–Kier alpha value is -3.85. The number of carbonyl (C=O) groups is 2. The molecule has 3 rings (SSSR count). The molecule has 0 aromatic heterocycles.